The fourth-order valence-electron chi connectivity index (χ4n) is 3.22. The summed E-state index contributed by atoms with van der Waals surface area (Å²) < 4.78 is 20.3. The molecule has 0 aliphatic carbocycles. The van der Waals surface area contributed by atoms with Gasteiger partial charge in [-0.05, 0) is 30.7 Å². The Balaban J connectivity index is 1.36. The van der Waals surface area contributed by atoms with Gasteiger partial charge in [0.25, 0.3) is 5.91 Å². The van der Waals surface area contributed by atoms with Crippen molar-refractivity contribution in [1.82, 2.24) is 19.6 Å². The molecule has 2 aromatic heterocycles. The smallest absolute Gasteiger partial charge is 0.272 e. The zero-order chi connectivity index (χ0) is 20.9. The SMILES string of the molecule is CN(CCCc1cc(-c2ccccc2)no1)C(=O)c1cncn1-c1ccc(F)cc1. The standard InChI is InChI=1S/C23H21FN4O2/c1-27(13-5-8-20-14-21(26-30-20)17-6-3-2-4-7-17)23(29)22-15-25-16-28(22)19-11-9-18(24)10-12-19/h2-4,6-7,9-12,14-16H,5,8,13H2,1H3. The second-order valence-corrected chi connectivity index (χ2v) is 7.00. The molecule has 0 spiro atoms. The van der Waals surface area contributed by atoms with Crippen molar-refractivity contribution in [2.45, 2.75) is 12.8 Å². The third-order valence-corrected chi connectivity index (χ3v) is 4.85. The van der Waals surface area contributed by atoms with Crippen molar-refractivity contribution >= 4 is 5.91 Å². The van der Waals surface area contributed by atoms with Gasteiger partial charge in [0.1, 0.15) is 23.0 Å². The molecule has 152 valence electrons. The Morgan fingerprint density at radius 3 is 2.67 bits per heavy atom. The normalized spacial score (nSPS) is 10.9. The average Bonchev–Trinajstić information content (AvgIpc) is 3.44. The molecule has 30 heavy (non-hydrogen) atoms. The Morgan fingerprint density at radius 2 is 1.90 bits per heavy atom. The number of hydrogen-bond donors (Lipinski definition) is 0. The molecule has 2 aromatic carbocycles. The van der Waals surface area contributed by atoms with E-state index < -0.39 is 0 Å². The number of aryl methyl sites for hydroxylation is 1. The van der Waals surface area contributed by atoms with Crippen LogP contribution in [0.15, 0.2) is 77.7 Å². The third kappa shape index (κ3) is 4.30. The Hall–Kier alpha value is -3.74. The molecule has 7 heteroatoms. The summed E-state index contributed by atoms with van der Waals surface area (Å²) in [7, 11) is 1.75. The number of amides is 1. The minimum Gasteiger partial charge on any atom is -0.361 e. The van der Waals surface area contributed by atoms with E-state index in [0.717, 1.165) is 23.4 Å². The Morgan fingerprint density at radius 1 is 1.13 bits per heavy atom. The van der Waals surface area contributed by atoms with Gasteiger partial charge < -0.3 is 9.42 Å². The lowest BCUT2D eigenvalue weighted by atomic mass is 10.1. The predicted octanol–water partition coefficient (Wildman–Crippen LogP) is 4.37. The first-order chi connectivity index (χ1) is 14.6. The van der Waals surface area contributed by atoms with Gasteiger partial charge in [0.05, 0.1) is 12.5 Å². The number of hydrogen-bond acceptors (Lipinski definition) is 4. The van der Waals surface area contributed by atoms with E-state index in [0.29, 0.717) is 24.3 Å². The molecule has 2 heterocycles. The van der Waals surface area contributed by atoms with Crippen molar-refractivity contribution in [3.05, 3.63) is 90.5 Å². The van der Waals surface area contributed by atoms with E-state index in [-0.39, 0.29) is 11.7 Å². The topological polar surface area (TPSA) is 64.2 Å². The molecule has 6 nitrogen and oxygen atoms in total. The molecule has 0 radical (unpaired) electrons. The largest absolute Gasteiger partial charge is 0.361 e. The van der Waals surface area contributed by atoms with Crippen molar-refractivity contribution in [2.24, 2.45) is 0 Å². The summed E-state index contributed by atoms with van der Waals surface area (Å²) in [6.07, 6.45) is 4.48. The van der Waals surface area contributed by atoms with Gasteiger partial charge >= 0.3 is 0 Å². The minimum absolute atomic E-state index is 0.153. The van der Waals surface area contributed by atoms with Crippen LogP contribution in [0.3, 0.4) is 0 Å². The third-order valence-electron chi connectivity index (χ3n) is 4.85. The van der Waals surface area contributed by atoms with Crippen molar-refractivity contribution in [3.8, 4) is 16.9 Å². The molecule has 0 atom stereocenters. The van der Waals surface area contributed by atoms with Crippen LogP contribution in [0.4, 0.5) is 4.39 Å². The Kier molecular flexibility index (Phi) is 5.70. The predicted molar refractivity (Wildman–Crippen MR) is 111 cm³/mol. The quantitative estimate of drug-likeness (QED) is 0.459. The maximum atomic E-state index is 13.2. The van der Waals surface area contributed by atoms with Gasteiger partial charge in [-0.3, -0.25) is 9.36 Å². The van der Waals surface area contributed by atoms with Crippen LogP contribution in [0.2, 0.25) is 0 Å². The number of nitrogens with zero attached hydrogens (tertiary/aromatic N) is 4. The number of halogens is 1. The summed E-state index contributed by atoms with van der Waals surface area (Å²) in [6.45, 7) is 0.550. The number of carbonyl (C=O) groups is 1. The maximum absolute atomic E-state index is 13.2. The molecule has 0 aliphatic heterocycles. The van der Waals surface area contributed by atoms with Crippen LogP contribution in [0.25, 0.3) is 16.9 Å². The zero-order valence-corrected chi connectivity index (χ0v) is 16.5. The van der Waals surface area contributed by atoms with Gasteiger partial charge in [-0.2, -0.15) is 0 Å². The number of benzene rings is 2. The first kappa shape index (κ1) is 19.6. The van der Waals surface area contributed by atoms with Crippen LogP contribution in [0, 0.1) is 5.82 Å². The second kappa shape index (κ2) is 8.73. The highest BCUT2D eigenvalue weighted by atomic mass is 19.1. The molecule has 4 aromatic rings. The van der Waals surface area contributed by atoms with E-state index in [4.69, 9.17) is 4.52 Å². The van der Waals surface area contributed by atoms with Gasteiger partial charge in [0.15, 0.2) is 0 Å². The summed E-state index contributed by atoms with van der Waals surface area (Å²) in [5.74, 6) is 0.303. The first-order valence-electron chi connectivity index (χ1n) is 9.66. The number of imidazole rings is 1. The average molecular weight is 404 g/mol. The lowest BCUT2D eigenvalue weighted by Crippen LogP contribution is -2.29. The van der Waals surface area contributed by atoms with Crippen molar-refractivity contribution in [3.63, 3.8) is 0 Å². The number of aromatic nitrogens is 3. The number of rotatable bonds is 7. The summed E-state index contributed by atoms with van der Waals surface area (Å²) in [4.78, 5) is 18.6. The van der Waals surface area contributed by atoms with E-state index >= 15 is 0 Å². The van der Waals surface area contributed by atoms with Crippen LogP contribution in [0.5, 0.6) is 0 Å². The van der Waals surface area contributed by atoms with Gasteiger partial charge in [0.2, 0.25) is 0 Å². The molecule has 1 amide bonds. The minimum atomic E-state index is -0.327. The van der Waals surface area contributed by atoms with Gasteiger partial charge in [0, 0.05) is 37.3 Å². The Bertz CT molecular complexity index is 1120. The number of carbonyl (C=O) groups excluding carboxylic acids is 1. The maximum Gasteiger partial charge on any atom is 0.272 e. The van der Waals surface area contributed by atoms with Crippen molar-refractivity contribution in [2.75, 3.05) is 13.6 Å². The summed E-state index contributed by atoms with van der Waals surface area (Å²) in [5, 5.41) is 4.12. The van der Waals surface area contributed by atoms with Gasteiger partial charge in [-0.15, -0.1) is 0 Å². The molecule has 0 saturated carbocycles. The lowest BCUT2D eigenvalue weighted by molar-refractivity contribution is 0.0785. The van der Waals surface area contributed by atoms with E-state index in [1.807, 2.05) is 36.4 Å². The summed E-state index contributed by atoms with van der Waals surface area (Å²) in [5.41, 5.74) is 2.92. The van der Waals surface area contributed by atoms with Crippen LogP contribution < -0.4 is 0 Å². The van der Waals surface area contributed by atoms with E-state index in [9.17, 15) is 9.18 Å². The fourth-order valence-corrected chi connectivity index (χ4v) is 3.22. The van der Waals surface area contributed by atoms with E-state index in [2.05, 4.69) is 10.1 Å². The van der Waals surface area contributed by atoms with E-state index in [1.165, 1.54) is 18.3 Å². The molecule has 0 fully saturated rings. The summed E-state index contributed by atoms with van der Waals surface area (Å²) in [6, 6.07) is 17.7. The van der Waals surface area contributed by atoms with Crippen LogP contribution in [-0.2, 0) is 6.42 Å². The molecule has 0 unspecified atom stereocenters. The molecular weight excluding hydrogens is 383 g/mol. The van der Waals surface area contributed by atoms with Gasteiger partial charge in [-0.25, -0.2) is 9.37 Å². The van der Waals surface area contributed by atoms with Crippen LogP contribution >= 0.6 is 0 Å². The monoisotopic (exact) mass is 404 g/mol. The molecule has 0 saturated heterocycles. The zero-order valence-electron chi connectivity index (χ0n) is 16.5. The second-order valence-electron chi connectivity index (χ2n) is 7.00. The fraction of sp³-hybridized carbons (Fsp3) is 0.174. The van der Waals surface area contributed by atoms with Crippen molar-refractivity contribution < 1.29 is 13.7 Å². The van der Waals surface area contributed by atoms with Crippen LogP contribution in [0.1, 0.15) is 22.7 Å². The van der Waals surface area contributed by atoms with Crippen molar-refractivity contribution in [1.29, 1.82) is 0 Å². The highest BCUT2D eigenvalue weighted by Crippen LogP contribution is 2.19. The molecule has 0 aliphatic rings. The summed E-state index contributed by atoms with van der Waals surface area (Å²) >= 11 is 0. The lowest BCUT2D eigenvalue weighted by Gasteiger charge is -2.17. The highest BCUT2D eigenvalue weighted by molar-refractivity contribution is 5.92. The van der Waals surface area contributed by atoms with Crippen LogP contribution in [-0.4, -0.2) is 39.1 Å². The van der Waals surface area contributed by atoms with E-state index in [1.54, 1.807) is 35.0 Å². The molecular formula is C23H21FN4O2. The molecule has 4 rings (SSSR count). The highest BCUT2D eigenvalue weighted by Gasteiger charge is 2.17. The first-order valence-corrected chi connectivity index (χ1v) is 9.66. The Labute approximate surface area is 173 Å². The molecule has 0 bridgehead atoms. The molecule has 0 N–H and O–H groups in total. The van der Waals surface area contributed by atoms with Gasteiger partial charge in [-0.1, -0.05) is 35.5 Å².